The van der Waals surface area contributed by atoms with Crippen LogP contribution in [0.1, 0.15) is 46.3 Å². The standard InChI is InChI=1S/C18H22N2O4/c1-11(9-12(2)23-3)14-7-8-15(20-16(14)18(22)24-4)17(21)19-10-13-5-6-13/h7-9,13H,2,5-6,10H2,1,3-4H3,(H,19,21)/b11-9+. The summed E-state index contributed by atoms with van der Waals surface area (Å²) in [7, 11) is 2.79. The molecule has 1 amide bonds. The number of nitrogens with zero attached hydrogens (tertiary/aromatic N) is 1. The second-order valence-electron chi connectivity index (χ2n) is 5.74. The molecule has 0 bridgehead atoms. The minimum absolute atomic E-state index is 0.0919. The summed E-state index contributed by atoms with van der Waals surface area (Å²) in [5, 5.41) is 2.83. The molecule has 0 unspecified atom stereocenters. The van der Waals surface area contributed by atoms with Crippen molar-refractivity contribution >= 4 is 17.4 Å². The average Bonchev–Trinajstić information content (AvgIpc) is 3.42. The highest BCUT2D eigenvalue weighted by molar-refractivity contribution is 5.97. The molecule has 2 rings (SSSR count). The SMILES string of the molecule is C=C(/C=C(\C)c1ccc(C(=O)NCC2CC2)nc1C(=O)OC)OC. The molecule has 1 heterocycles. The van der Waals surface area contributed by atoms with E-state index in [4.69, 9.17) is 9.47 Å². The van der Waals surface area contributed by atoms with Crippen LogP contribution in [0.2, 0.25) is 0 Å². The summed E-state index contributed by atoms with van der Waals surface area (Å²) in [5.41, 5.74) is 1.59. The third-order valence-electron chi connectivity index (χ3n) is 3.82. The monoisotopic (exact) mass is 330 g/mol. The van der Waals surface area contributed by atoms with Crippen molar-refractivity contribution in [3.63, 3.8) is 0 Å². The van der Waals surface area contributed by atoms with Gasteiger partial charge in [0.1, 0.15) is 11.5 Å². The van der Waals surface area contributed by atoms with E-state index in [2.05, 4.69) is 16.9 Å². The van der Waals surface area contributed by atoms with Gasteiger partial charge in [0.05, 0.1) is 14.2 Å². The number of aromatic nitrogens is 1. The van der Waals surface area contributed by atoms with Gasteiger partial charge >= 0.3 is 5.97 Å². The van der Waals surface area contributed by atoms with Crippen LogP contribution in [-0.4, -0.2) is 37.6 Å². The van der Waals surface area contributed by atoms with Gasteiger partial charge in [-0.3, -0.25) is 4.79 Å². The number of pyridine rings is 1. The first-order valence-electron chi connectivity index (χ1n) is 7.75. The smallest absolute Gasteiger partial charge is 0.357 e. The van der Waals surface area contributed by atoms with E-state index >= 15 is 0 Å². The maximum atomic E-state index is 12.2. The van der Waals surface area contributed by atoms with Crippen molar-refractivity contribution in [1.82, 2.24) is 10.3 Å². The maximum Gasteiger partial charge on any atom is 0.357 e. The van der Waals surface area contributed by atoms with E-state index in [-0.39, 0.29) is 17.3 Å². The summed E-state index contributed by atoms with van der Waals surface area (Å²) in [6, 6.07) is 3.27. The number of amides is 1. The molecule has 1 aromatic rings. The lowest BCUT2D eigenvalue weighted by Gasteiger charge is -2.11. The molecule has 1 aliphatic carbocycles. The van der Waals surface area contributed by atoms with Gasteiger partial charge in [-0.1, -0.05) is 6.58 Å². The molecule has 6 heteroatoms. The number of methoxy groups -OCH3 is 2. The van der Waals surface area contributed by atoms with E-state index in [0.717, 1.165) is 18.4 Å². The van der Waals surface area contributed by atoms with E-state index in [0.29, 0.717) is 23.8 Å². The number of hydrogen-bond acceptors (Lipinski definition) is 5. The largest absolute Gasteiger partial charge is 0.497 e. The number of carbonyl (C=O) groups is 2. The zero-order valence-electron chi connectivity index (χ0n) is 14.2. The first-order chi connectivity index (χ1) is 11.5. The Kier molecular flexibility index (Phi) is 5.73. The molecule has 1 saturated carbocycles. The fourth-order valence-electron chi connectivity index (χ4n) is 2.18. The van der Waals surface area contributed by atoms with Crippen LogP contribution in [0.3, 0.4) is 0 Å². The molecule has 0 saturated heterocycles. The highest BCUT2D eigenvalue weighted by Gasteiger charge is 2.23. The molecule has 1 aliphatic rings. The fraction of sp³-hybridized carbons (Fsp3) is 0.389. The van der Waals surface area contributed by atoms with Crippen molar-refractivity contribution in [3.05, 3.63) is 47.5 Å². The van der Waals surface area contributed by atoms with Gasteiger partial charge < -0.3 is 14.8 Å². The molecular weight excluding hydrogens is 308 g/mol. The summed E-state index contributed by atoms with van der Waals surface area (Å²) >= 11 is 0. The van der Waals surface area contributed by atoms with Gasteiger partial charge in [0.15, 0.2) is 5.69 Å². The molecule has 0 atom stereocenters. The molecule has 6 nitrogen and oxygen atoms in total. The van der Waals surface area contributed by atoms with Crippen molar-refractivity contribution < 1.29 is 19.1 Å². The zero-order valence-corrected chi connectivity index (χ0v) is 14.2. The van der Waals surface area contributed by atoms with Crippen molar-refractivity contribution in [1.29, 1.82) is 0 Å². The van der Waals surface area contributed by atoms with E-state index in [1.165, 1.54) is 14.2 Å². The highest BCUT2D eigenvalue weighted by Crippen LogP contribution is 2.27. The second-order valence-corrected chi connectivity index (χ2v) is 5.74. The van der Waals surface area contributed by atoms with Crippen LogP contribution >= 0.6 is 0 Å². The predicted octanol–water partition coefficient (Wildman–Crippen LogP) is 2.57. The highest BCUT2D eigenvalue weighted by atomic mass is 16.5. The Morgan fingerprint density at radius 3 is 2.62 bits per heavy atom. The van der Waals surface area contributed by atoms with E-state index in [1.54, 1.807) is 25.1 Å². The first kappa shape index (κ1) is 17.7. The number of hydrogen-bond donors (Lipinski definition) is 1. The minimum atomic E-state index is -0.599. The number of nitrogens with one attached hydrogen (secondary N) is 1. The Morgan fingerprint density at radius 1 is 1.33 bits per heavy atom. The Morgan fingerprint density at radius 2 is 2.04 bits per heavy atom. The summed E-state index contributed by atoms with van der Waals surface area (Å²) < 4.78 is 9.81. The van der Waals surface area contributed by atoms with Gasteiger partial charge in [0, 0.05) is 12.1 Å². The van der Waals surface area contributed by atoms with Crippen LogP contribution in [0.25, 0.3) is 5.57 Å². The lowest BCUT2D eigenvalue weighted by Crippen LogP contribution is -2.27. The molecule has 1 fully saturated rings. The van der Waals surface area contributed by atoms with E-state index < -0.39 is 5.97 Å². The molecule has 0 radical (unpaired) electrons. The van der Waals surface area contributed by atoms with Crippen LogP contribution in [0, 0.1) is 5.92 Å². The van der Waals surface area contributed by atoms with Crippen molar-refractivity contribution in [3.8, 4) is 0 Å². The number of allylic oxidation sites excluding steroid dienone is 2. The van der Waals surface area contributed by atoms with Crippen LogP contribution in [0.15, 0.2) is 30.5 Å². The number of carbonyl (C=O) groups excluding carboxylic acids is 2. The average molecular weight is 330 g/mol. The molecular formula is C18H22N2O4. The van der Waals surface area contributed by atoms with Crippen molar-refractivity contribution in [2.24, 2.45) is 5.92 Å². The minimum Gasteiger partial charge on any atom is -0.497 e. The van der Waals surface area contributed by atoms with Crippen LogP contribution in [0.5, 0.6) is 0 Å². The molecule has 0 aliphatic heterocycles. The lowest BCUT2D eigenvalue weighted by molar-refractivity contribution is 0.0593. The van der Waals surface area contributed by atoms with Gasteiger partial charge in [-0.05, 0) is 49.5 Å². The summed E-state index contributed by atoms with van der Waals surface area (Å²) in [6.45, 7) is 6.17. The molecule has 1 N–H and O–H groups in total. The maximum absolute atomic E-state index is 12.2. The topological polar surface area (TPSA) is 77.5 Å². The Bertz CT molecular complexity index is 690. The van der Waals surface area contributed by atoms with E-state index in [1.807, 2.05) is 0 Å². The van der Waals surface area contributed by atoms with Crippen LogP contribution < -0.4 is 5.32 Å². The number of ether oxygens (including phenoxy) is 2. The molecule has 0 spiro atoms. The Balaban J connectivity index is 2.30. The second kappa shape index (κ2) is 7.77. The Labute approximate surface area is 141 Å². The molecule has 128 valence electrons. The normalized spacial score (nSPS) is 14.0. The zero-order chi connectivity index (χ0) is 17.7. The fourth-order valence-corrected chi connectivity index (χ4v) is 2.18. The number of rotatable bonds is 7. The predicted molar refractivity (Wildman–Crippen MR) is 90.4 cm³/mol. The third-order valence-corrected chi connectivity index (χ3v) is 3.82. The van der Waals surface area contributed by atoms with Crippen LogP contribution in [0.4, 0.5) is 0 Å². The van der Waals surface area contributed by atoms with Crippen molar-refractivity contribution in [2.75, 3.05) is 20.8 Å². The van der Waals surface area contributed by atoms with Gasteiger partial charge in [-0.15, -0.1) is 0 Å². The molecule has 24 heavy (non-hydrogen) atoms. The number of esters is 1. The third kappa shape index (κ3) is 4.44. The first-order valence-corrected chi connectivity index (χ1v) is 7.75. The summed E-state index contributed by atoms with van der Waals surface area (Å²) in [5.74, 6) is 0.132. The summed E-state index contributed by atoms with van der Waals surface area (Å²) in [4.78, 5) is 28.4. The van der Waals surface area contributed by atoms with E-state index in [9.17, 15) is 9.59 Å². The molecule has 0 aromatic carbocycles. The van der Waals surface area contributed by atoms with Crippen LogP contribution in [-0.2, 0) is 9.47 Å². The van der Waals surface area contributed by atoms with Gasteiger partial charge in [0.25, 0.3) is 5.91 Å². The van der Waals surface area contributed by atoms with Gasteiger partial charge in [-0.25, -0.2) is 9.78 Å². The van der Waals surface area contributed by atoms with Crippen molar-refractivity contribution in [2.45, 2.75) is 19.8 Å². The summed E-state index contributed by atoms with van der Waals surface area (Å²) in [6.07, 6.45) is 3.98. The van der Waals surface area contributed by atoms with Gasteiger partial charge in [-0.2, -0.15) is 0 Å². The Hall–Kier alpha value is -2.63. The lowest BCUT2D eigenvalue weighted by atomic mass is 10.0. The quantitative estimate of drug-likeness (QED) is 0.472. The van der Waals surface area contributed by atoms with Gasteiger partial charge in [0.2, 0.25) is 0 Å². The molecule has 1 aromatic heterocycles.